The molecule has 0 atom stereocenters. The van der Waals surface area contributed by atoms with E-state index in [4.69, 9.17) is 11.6 Å². The Labute approximate surface area is 156 Å². The minimum absolute atomic E-state index is 0.0121. The highest BCUT2D eigenvalue weighted by atomic mass is 35.5. The number of rotatable bonds is 4. The van der Waals surface area contributed by atoms with E-state index in [-0.39, 0.29) is 16.4 Å². The van der Waals surface area contributed by atoms with Gasteiger partial charge in [-0.25, -0.2) is 8.42 Å². The molecule has 0 fully saturated rings. The highest BCUT2D eigenvalue weighted by Crippen LogP contribution is 2.30. The van der Waals surface area contributed by atoms with E-state index < -0.39 is 15.9 Å². The largest absolute Gasteiger partial charge is 0.312 e. The number of benzene rings is 2. The fourth-order valence-corrected chi connectivity index (χ4v) is 3.73. The van der Waals surface area contributed by atoms with Crippen molar-refractivity contribution in [2.24, 2.45) is 0 Å². The third kappa shape index (κ3) is 3.72. The highest BCUT2D eigenvalue weighted by Gasteiger charge is 2.25. The van der Waals surface area contributed by atoms with E-state index in [1.54, 1.807) is 11.0 Å². The molecule has 0 aromatic heterocycles. The van der Waals surface area contributed by atoms with Crippen LogP contribution in [-0.4, -0.2) is 26.8 Å². The zero-order valence-corrected chi connectivity index (χ0v) is 15.4. The van der Waals surface area contributed by atoms with Gasteiger partial charge in [0.05, 0.1) is 4.90 Å². The van der Waals surface area contributed by atoms with Gasteiger partial charge in [0.15, 0.2) is 0 Å². The van der Waals surface area contributed by atoms with Gasteiger partial charge in [-0.15, -0.1) is 4.83 Å². The van der Waals surface area contributed by atoms with Crippen molar-refractivity contribution in [1.82, 2.24) is 10.3 Å². The van der Waals surface area contributed by atoms with E-state index in [0.29, 0.717) is 23.7 Å². The summed E-state index contributed by atoms with van der Waals surface area (Å²) < 4.78 is 24.8. The van der Waals surface area contributed by atoms with Crippen LogP contribution in [0.25, 0.3) is 0 Å². The fraction of sp³-hybridized carbons (Fsp3) is 0.176. The molecular formula is C17H16ClN3O4S. The number of nitrogens with one attached hydrogen (secondary N) is 2. The molecule has 136 valence electrons. The molecule has 1 aliphatic rings. The van der Waals surface area contributed by atoms with E-state index in [0.717, 1.165) is 5.56 Å². The molecule has 0 saturated carbocycles. The van der Waals surface area contributed by atoms with Gasteiger partial charge in [-0.2, -0.15) is 0 Å². The van der Waals surface area contributed by atoms with Gasteiger partial charge in [0, 0.05) is 29.7 Å². The lowest BCUT2D eigenvalue weighted by atomic mass is 10.2. The van der Waals surface area contributed by atoms with Gasteiger partial charge < -0.3 is 4.90 Å². The maximum atomic E-state index is 12.4. The molecule has 2 N–H and O–H groups in total. The van der Waals surface area contributed by atoms with Crippen LogP contribution in [0, 0.1) is 0 Å². The van der Waals surface area contributed by atoms with Crippen LogP contribution >= 0.6 is 11.6 Å². The van der Waals surface area contributed by atoms with E-state index in [1.165, 1.54) is 43.3 Å². The number of sulfonamides is 1. The Morgan fingerprint density at radius 3 is 2.46 bits per heavy atom. The van der Waals surface area contributed by atoms with Gasteiger partial charge in [-0.05, 0) is 54.4 Å². The van der Waals surface area contributed by atoms with Gasteiger partial charge in [0.1, 0.15) is 0 Å². The third-order valence-corrected chi connectivity index (χ3v) is 5.54. The third-order valence-electron chi connectivity index (χ3n) is 4.04. The molecule has 0 radical (unpaired) electrons. The van der Waals surface area contributed by atoms with Gasteiger partial charge in [-0.3, -0.25) is 15.0 Å². The Balaban J connectivity index is 1.74. The normalized spacial score (nSPS) is 13.4. The van der Waals surface area contributed by atoms with Crippen LogP contribution in [0.4, 0.5) is 5.69 Å². The molecule has 0 saturated heterocycles. The Morgan fingerprint density at radius 1 is 1.12 bits per heavy atom. The lowest BCUT2D eigenvalue weighted by molar-refractivity contribution is -0.116. The summed E-state index contributed by atoms with van der Waals surface area (Å²) in [6.45, 7) is 1.99. The first-order chi connectivity index (χ1) is 12.3. The number of amides is 2. The van der Waals surface area contributed by atoms with E-state index in [9.17, 15) is 18.0 Å². The molecule has 2 amide bonds. The lowest BCUT2D eigenvalue weighted by Gasteiger charge is -2.15. The Bertz CT molecular complexity index is 974. The van der Waals surface area contributed by atoms with Crippen molar-refractivity contribution in [3.8, 4) is 0 Å². The summed E-state index contributed by atoms with van der Waals surface area (Å²) in [5.74, 6) is -0.693. The smallest absolute Gasteiger partial charge is 0.266 e. The summed E-state index contributed by atoms with van der Waals surface area (Å²) in [5, 5.41) is 0.472. The molecule has 7 nitrogen and oxygen atoms in total. The summed E-state index contributed by atoms with van der Waals surface area (Å²) in [7, 11) is -3.94. The van der Waals surface area contributed by atoms with E-state index in [2.05, 4.69) is 10.3 Å². The Kier molecular flexibility index (Phi) is 4.99. The van der Waals surface area contributed by atoms with Gasteiger partial charge in [0.2, 0.25) is 5.91 Å². The quantitative estimate of drug-likeness (QED) is 0.775. The van der Waals surface area contributed by atoms with Crippen molar-refractivity contribution in [3.63, 3.8) is 0 Å². The standard InChI is InChI=1S/C17H16ClN3O4S/c1-11(22)21-9-8-13-10-15(6-7-16(13)21)26(24,25)20-19-17(23)12-2-4-14(18)5-3-12/h2-7,10,20H,8-9H2,1H3,(H,19,23). The first-order valence-electron chi connectivity index (χ1n) is 7.77. The van der Waals surface area contributed by atoms with Crippen molar-refractivity contribution in [1.29, 1.82) is 0 Å². The van der Waals surface area contributed by atoms with Gasteiger partial charge >= 0.3 is 0 Å². The molecule has 0 aliphatic carbocycles. The number of anilines is 1. The van der Waals surface area contributed by atoms with Crippen molar-refractivity contribution < 1.29 is 18.0 Å². The number of fused-ring (bicyclic) bond motifs is 1. The average molecular weight is 394 g/mol. The van der Waals surface area contributed by atoms with Crippen molar-refractivity contribution >= 4 is 39.1 Å². The summed E-state index contributed by atoms with van der Waals surface area (Å²) >= 11 is 5.75. The summed E-state index contributed by atoms with van der Waals surface area (Å²) in [6, 6.07) is 10.5. The summed E-state index contributed by atoms with van der Waals surface area (Å²) in [5.41, 5.74) is 3.91. The molecule has 26 heavy (non-hydrogen) atoms. The summed E-state index contributed by atoms with van der Waals surface area (Å²) in [6.07, 6.45) is 0.579. The monoisotopic (exact) mass is 393 g/mol. The molecule has 2 aromatic rings. The first-order valence-corrected chi connectivity index (χ1v) is 9.63. The highest BCUT2D eigenvalue weighted by molar-refractivity contribution is 7.89. The second kappa shape index (κ2) is 7.06. The van der Waals surface area contributed by atoms with E-state index >= 15 is 0 Å². The van der Waals surface area contributed by atoms with Crippen LogP contribution in [0.5, 0.6) is 0 Å². The first kappa shape index (κ1) is 18.4. The zero-order valence-electron chi connectivity index (χ0n) is 13.8. The number of hydrogen-bond acceptors (Lipinski definition) is 4. The molecule has 1 aliphatic heterocycles. The van der Waals surface area contributed by atoms with Crippen molar-refractivity contribution in [2.45, 2.75) is 18.2 Å². The maximum absolute atomic E-state index is 12.4. The summed E-state index contributed by atoms with van der Waals surface area (Å²) in [4.78, 5) is 27.3. The van der Waals surface area contributed by atoms with E-state index in [1.807, 2.05) is 0 Å². The lowest BCUT2D eigenvalue weighted by Crippen LogP contribution is -2.41. The predicted octanol–water partition coefficient (Wildman–Crippen LogP) is 1.87. The van der Waals surface area contributed by atoms with Crippen LogP contribution in [0.3, 0.4) is 0 Å². The number of carbonyl (C=O) groups is 2. The van der Waals surface area contributed by atoms with Gasteiger partial charge in [0.25, 0.3) is 15.9 Å². The minimum atomic E-state index is -3.94. The molecule has 1 heterocycles. The fourth-order valence-electron chi connectivity index (χ4n) is 2.72. The number of carbonyl (C=O) groups excluding carboxylic acids is 2. The van der Waals surface area contributed by atoms with Crippen LogP contribution < -0.4 is 15.2 Å². The number of nitrogens with zero attached hydrogens (tertiary/aromatic N) is 1. The van der Waals surface area contributed by atoms with Crippen LogP contribution in [-0.2, 0) is 21.2 Å². The molecule has 0 unspecified atom stereocenters. The molecule has 3 rings (SSSR count). The predicted molar refractivity (Wildman–Crippen MR) is 97.4 cm³/mol. The second-order valence-corrected chi connectivity index (χ2v) is 7.90. The van der Waals surface area contributed by atoms with Crippen LogP contribution in [0.1, 0.15) is 22.8 Å². The maximum Gasteiger partial charge on any atom is 0.266 e. The Hall–Kier alpha value is -2.42. The molecule has 0 spiro atoms. The van der Waals surface area contributed by atoms with Crippen LogP contribution in [0.2, 0.25) is 5.02 Å². The van der Waals surface area contributed by atoms with Crippen LogP contribution in [0.15, 0.2) is 47.4 Å². The number of hydrazine groups is 1. The Morgan fingerprint density at radius 2 is 1.81 bits per heavy atom. The SMILES string of the molecule is CC(=O)N1CCc2cc(S(=O)(=O)NNC(=O)c3ccc(Cl)cc3)ccc21. The minimum Gasteiger partial charge on any atom is -0.312 e. The van der Waals surface area contributed by atoms with Crippen molar-refractivity contribution in [2.75, 3.05) is 11.4 Å². The molecular weight excluding hydrogens is 378 g/mol. The zero-order chi connectivity index (χ0) is 18.9. The van der Waals surface area contributed by atoms with Crippen molar-refractivity contribution in [3.05, 3.63) is 58.6 Å². The number of halogens is 1. The molecule has 9 heteroatoms. The average Bonchev–Trinajstić information content (AvgIpc) is 3.04. The molecule has 2 aromatic carbocycles. The van der Waals surface area contributed by atoms with Gasteiger partial charge in [-0.1, -0.05) is 11.6 Å². The topological polar surface area (TPSA) is 95.6 Å². The number of hydrogen-bond donors (Lipinski definition) is 2. The second-order valence-electron chi connectivity index (χ2n) is 5.78. The molecule has 0 bridgehead atoms.